The zero-order valence-electron chi connectivity index (χ0n) is 9.39. The number of nitrogens with one attached hydrogen (secondary N) is 1. The van der Waals surface area contributed by atoms with Crippen LogP contribution < -0.4 is 5.32 Å². The first kappa shape index (κ1) is 13.4. The Bertz CT molecular complexity index is 344. The number of aliphatic hydroxyl groups excluding tert-OH is 1. The van der Waals surface area contributed by atoms with Crippen LogP contribution in [0.4, 0.5) is 4.39 Å². The summed E-state index contributed by atoms with van der Waals surface area (Å²) in [6.07, 6.45) is 1.43. The number of hydrogen-bond acceptors (Lipinski definition) is 2. The van der Waals surface area contributed by atoms with E-state index in [2.05, 4.69) is 5.32 Å². The molecule has 0 aromatic heterocycles. The molecule has 0 aliphatic rings. The van der Waals surface area contributed by atoms with Crippen molar-refractivity contribution in [2.24, 2.45) is 0 Å². The zero-order chi connectivity index (χ0) is 12.0. The van der Waals surface area contributed by atoms with Crippen molar-refractivity contribution in [3.63, 3.8) is 0 Å². The lowest BCUT2D eigenvalue weighted by molar-refractivity contribution is 0.286. The van der Waals surface area contributed by atoms with Crippen molar-refractivity contribution in [1.29, 1.82) is 0 Å². The topological polar surface area (TPSA) is 32.3 Å². The molecule has 0 amide bonds. The summed E-state index contributed by atoms with van der Waals surface area (Å²) in [6, 6.07) is 3.14. The lowest BCUT2D eigenvalue weighted by Crippen LogP contribution is -2.19. The fraction of sp³-hybridized carbons (Fsp3) is 0.500. The molecule has 0 bridgehead atoms. The van der Waals surface area contributed by atoms with Gasteiger partial charge in [-0.25, -0.2) is 4.39 Å². The fourth-order valence-corrected chi connectivity index (χ4v) is 1.74. The molecule has 0 heterocycles. The third-order valence-electron chi connectivity index (χ3n) is 2.41. The Morgan fingerprint density at radius 1 is 1.38 bits per heavy atom. The summed E-state index contributed by atoms with van der Waals surface area (Å²) in [6.45, 7) is 3.39. The van der Waals surface area contributed by atoms with Crippen LogP contribution in [0.2, 0.25) is 5.02 Å². The second-order valence-corrected chi connectivity index (χ2v) is 4.18. The maximum absolute atomic E-state index is 13.3. The molecule has 0 aliphatic heterocycles. The predicted octanol–water partition coefficient (Wildman–Crippen LogP) is 2.30. The minimum atomic E-state index is -0.213. The van der Waals surface area contributed by atoms with Crippen LogP contribution in [-0.4, -0.2) is 24.8 Å². The van der Waals surface area contributed by atoms with Crippen LogP contribution in [0.25, 0.3) is 0 Å². The summed E-state index contributed by atoms with van der Waals surface area (Å²) >= 11 is 6.01. The quantitative estimate of drug-likeness (QED) is 0.754. The molecule has 16 heavy (non-hydrogen) atoms. The summed E-state index contributed by atoms with van der Waals surface area (Å²) < 4.78 is 13.3. The Morgan fingerprint density at radius 3 is 2.81 bits per heavy atom. The van der Waals surface area contributed by atoms with E-state index in [9.17, 15) is 4.39 Å². The highest BCUT2D eigenvalue weighted by molar-refractivity contribution is 6.31. The molecule has 0 atom stereocenters. The fourth-order valence-electron chi connectivity index (χ4n) is 1.43. The first-order valence-electron chi connectivity index (χ1n) is 5.41. The maximum Gasteiger partial charge on any atom is 0.126 e. The Labute approximate surface area is 100 Å². The van der Waals surface area contributed by atoms with Crippen LogP contribution in [0.15, 0.2) is 12.1 Å². The van der Waals surface area contributed by atoms with Gasteiger partial charge in [0.2, 0.25) is 0 Å². The minimum Gasteiger partial charge on any atom is -0.396 e. The van der Waals surface area contributed by atoms with E-state index >= 15 is 0 Å². The molecule has 1 aromatic carbocycles. The van der Waals surface area contributed by atoms with Gasteiger partial charge in [0.15, 0.2) is 0 Å². The third kappa shape index (κ3) is 4.08. The van der Waals surface area contributed by atoms with Gasteiger partial charge in [-0.05, 0) is 56.1 Å². The number of hydrogen-bond donors (Lipinski definition) is 2. The molecule has 0 radical (unpaired) electrons. The van der Waals surface area contributed by atoms with E-state index in [4.69, 9.17) is 16.7 Å². The van der Waals surface area contributed by atoms with Gasteiger partial charge < -0.3 is 10.4 Å². The Kier molecular flexibility index (Phi) is 5.74. The molecule has 1 aromatic rings. The molecule has 0 aliphatic carbocycles. The van der Waals surface area contributed by atoms with Crippen molar-refractivity contribution in [3.05, 3.63) is 34.1 Å². The van der Waals surface area contributed by atoms with Crippen molar-refractivity contribution in [2.45, 2.75) is 19.8 Å². The standard InChI is InChI=1S/C12H17ClFNO/c1-9-7-11(13)10(8-12(9)14)3-5-15-4-2-6-16/h7-8,15-16H,2-6H2,1H3. The molecule has 90 valence electrons. The maximum atomic E-state index is 13.3. The van der Waals surface area contributed by atoms with Crippen LogP contribution in [0, 0.1) is 12.7 Å². The highest BCUT2D eigenvalue weighted by atomic mass is 35.5. The van der Waals surface area contributed by atoms with Gasteiger partial charge in [0.25, 0.3) is 0 Å². The molecule has 0 fully saturated rings. The average Bonchev–Trinajstić information content (AvgIpc) is 2.25. The lowest BCUT2D eigenvalue weighted by Gasteiger charge is -2.07. The van der Waals surface area contributed by atoms with Crippen molar-refractivity contribution in [2.75, 3.05) is 19.7 Å². The van der Waals surface area contributed by atoms with Crippen molar-refractivity contribution < 1.29 is 9.50 Å². The number of rotatable bonds is 6. The van der Waals surface area contributed by atoms with E-state index in [0.717, 1.165) is 25.1 Å². The van der Waals surface area contributed by atoms with Crippen molar-refractivity contribution >= 4 is 11.6 Å². The Hall–Kier alpha value is -0.640. The number of benzene rings is 1. The minimum absolute atomic E-state index is 0.187. The van der Waals surface area contributed by atoms with Gasteiger partial charge in [0.1, 0.15) is 5.82 Å². The number of halogens is 2. The second kappa shape index (κ2) is 6.84. The summed E-state index contributed by atoms with van der Waals surface area (Å²) in [5, 5.41) is 12.4. The highest BCUT2D eigenvalue weighted by Gasteiger charge is 2.05. The van der Waals surface area contributed by atoms with Crippen LogP contribution >= 0.6 is 11.6 Å². The summed E-state index contributed by atoms with van der Waals surface area (Å²) in [5.74, 6) is -0.213. The number of aryl methyl sites for hydroxylation is 1. The van der Waals surface area contributed by atoms with E-state index in [-0.39, 0.29) is 12.4 Å². The van der Waals surface area contributed by atoms with Gasteiger partial charge in [-0.3, -0.25) is 0 Å². The summed E-state index contributed by atoms with van der Waals surface area (Å²) in [4.78, 5) is 0. The molecule has 2 nitrogen and oxygen atoms in total. The molecule has 1 rings (SSSR count). The third-order valence-corrected chi connectivity index (χ3v) is 2.76. The first-order valence-corrected chi connectivity index (χ1v) is 5.79. The monoisotopic (exact) mass is 245 g/mol. The Morgan fingerprint density at radius 2 is 2.12 bits per heavy atom. The van der Waals surface area contributed by atoms with Gasteiger partial charge in [0.05, 0.1) is 0 Å². The smallest absolute Gasteiger partial charge is 0.126 e. The molecular weight excluding hydrogens is 229 g/mol. The van der Waals surface area contributed by atoms with E-state index in [1.807, 2.05) is 0 Å². The largest absolute Gasteiger partial charge is 0.396 e. The summed E-state index contributed by atoms with van der Waals surface area (Å²) in [7, 11) is 0. The highest BCUT2D eigenvalue weighted by Crippen LogP contribution is 2.20. The van der Waals surface area contributed by atoms with Crippen LogP contribution in [0.1, 0.15) is 17.5 Å². The van der Waals surface area contributed by atoms with E-state index < -0.39 is 0 Å². The summed E-state index contributed by atoms with van der Waals surface area (Å²) in [5.41, 5.74) is 1.39. The van der Waals surface area contributed by atoms with Gasteiger partial charge in [0, 0.05) is 11.6 Å². The number of aliphatic hydroxyl groups is 1. The predicted molar refractivity (Wildman–Crippen MR) is 64.4 cm³/mol. The molecular formula is C12H17ClFNO. The van der Waals surface area contributed by atoms with Gasteiger partial charge in [-0.1, -0.05) is 11.6 Å². The van der Waals surface area contributed by atoms with Gasteiger partial charge in [-0.15, -0.1) is 0 Å². The van der Waals surface area contributed by atoms with Gasteiger partial charge >= 0.3 is 0 Å². The SMILES string of the molecule is Cc1cc(Cl)c(CCNCCCO)cc1F. The van der Waals surface area contributed by atoms with Crippen molar-refractivity contribution in [3.8, 4) is 0 Å². The zero-order valence-corrected chi connectivity index (χ0v) is 10.1. The second-order valence-electron chi connectivity index (χ2n) is 3.77. The molecule has 2 N–H and O–H groups in total. The average molecular weight is 246 g/mol. The molecule has 0 spiro atoms. The van der Waals surface area contributed by atoms with E-state index in [1.165, 1.54) is 6.07 Å². The molecule has 0 saturated carbocycles. The first-order chi connectivity index (χ1) is 7.65. The van der Waals surface area contributed by atoms with Crippen LogP contribution in [0.5, 0.6) is 0 Å². The molecule has 4 heteroatoms. The lowest BCUT2D eigenvalue weighted by atomic mass is 10.1. The van der Waals surface area contributed by atoms with Crippen molar-refractivity contribution in [1.82, 2.24) is 5.32 Å². The normalized spacial score (nSPS) is 10.8. The van der Waals surface area contributed by atoms with E-state index in [1.54, 1.807) is 13.0 Å². The Balaban J connectivity index is 2.45. The van der Waals surface area contributed by atoms with E-state index in [0.29, 0.717) is 17.0 Å². The van der Waals surface area contributed by atoms with Crippen LogP contribution in [0.3, 0.4) is 0 Å². The van der Waals surface area contributed by atoms with Gasteiger partial charge in [-0.2, -0.15) is 0 Å². The molecule has 0 unspecified atom stereocenters. The van der Waals surface area contributed by atoms with Crippen LogP contribution in [-0.2, 0) is 6.42 Å². The molecule has 0 saturated heterocycles.